The number of carbonyl (C=O) groups excluding carboxylic acids is 1. The van der Waals surface area contributed by atoms with Gasteiger partial charge in [0.15, 0.2) is 10.9 Å². The van der Waals surface area contributed by atoms with Crippen LogP contribution in [-0.2, 0) is 0 Å². The Kier molecular flexibility index (Phi) is 4.42. The van der Waals surface area contributed by atoms with E-state index in [1.165, 1.54) is 11.3 Å². The van der Waals surface area contributed by atoms with Gasteiger partial charge in [0.1, 0.15) is 5.58 Å². The van der Waals surface area contributed by atoms with Crippen LogP contribution in [0.25, 0.3) is 32.7 Å². The van der Waals surface area contributed by atoms with Gasteiger partial charge in [-0.1, -0.05) is 90.2 Å². The highest BCUT2D eigenvalue weighted by Gasteiger charge is 2.18. The number of benzene rings is 3. The summed E-state index contributed by atoms with van der Waals surface area (Å²) < 4.78 is 5.67. The summed E-state index contributed by atoms with van der Waals surface area (Å²) >= 11 is 1.45. The number of nitrogens with one attached hydrogen (secondary N) is 1. The predicted octanol–water partition coefficient (Wildman–Crippen LogP) is 6.48. The average Bonchev–Trinajstić information content (AvgIpc) is 3.39. The van der Waals surface area contributed by atoms with Crippen LogP contribution in [0.3, 0.4) is 0 Å². The van der Waals surface area contributed by atoms with Gasteiger partial charge in [0.25, 0.3) is 5.91 Å². The van der Waals surface area contributed by atoms with Crippen molar-refractivity contribution in [3.05, 3.63) is 96.8 Å². The van der Waals surface area contributed by atoms with E-state index in [9.17, 15) is 4.79 Å². The summed E-state index contributed by atoms with van der Waals surface area (Å²) in [6.07, 6.45) is 0. The number of rotatable bonds is 4. The molecule has 0 aliphatic carbocycles. The van der Waals surface area contributed by atoms with Crippen LogP contribution in [0.15, 0.2) is 95.4 Å². The van der Waals surface area contributed by atoms with E-state index in [2.05, 4.69) is 5.32 Å². The van der Waals surface area contributed by atoms with Crippen molar-refractivity contribution < 1.29 is 9.21 Å². The van der Waals surface area contributed by atoms with E-state index >= 15 is 0 Å². The van der Waals surface area contributed by atoms with Gasteiger partial charge in [0.05, 0.1) is 10.6 Å². The normalized spacial score (nSPS) is 10.9. The van der Waals surface area contributed by atoms with Crippen LogP contribution in [0.1, 0.15) is 10.6 Å². The minimum Gasteiger partial charge on any atom is -0.451 e. The zero-order chi connectivity index (χ0) is 19.6. The molecule has 2 heterocycles. The van der Waals surface area contributed by atoms with Gasteiger partial charge >= 0.3 is 0 Å². The molecule has 0 bridgehead atoms. The molecule has 2 aromatic heterocycles. The fourth-order valence-electron chi connectivity index (χ4n) is 3.20. The van der Waals surface area contributed by atoms with Gasteiger partial charge in [-0.25, -0.2) is 4.98 Å². The van der Waals surface area contributed by atoms with Crippen LogP contribution in [0.2, 0.25) is 0 Å². The van der Waals surface area contributed by atoms with Crippen LogP contribution < -0.4 is 5.32 Å². The van der Waals surface area contributed by atoms with Crippen LogP contribution in [0.4, 0.5) is 5.13 Å². The van der Waals surface area contributed by atoms with Crippen molar-refractivity contribution in [2.45, 2.75) is 0 Å². The molecule has 1 N–H and O–H groups in total. The largest absolute Gasteiger partial charge is 0.451 e. The second-order valence-corrected chi connectivity index (χ2v) is 7.53. The van der Waals surface area contributed by atoms with E-state index in [1.54, 1.807) is 6.07 Å². The molecule has 0 saturated heterocycles. The highest BCUT2D eigenvalue weighted by atomic mass is 32.1. The van der Waals surface area contributed by atoms with E-state index in [-0.39, 0.29) is 11.7 Å². The molecule has 5 rings (SSSR count). The predicted molar refractivity (Wildman–Crippen MR) is 117 cm³/mol. The first-order chi connectivity index (χ1) is 14.3. The number of carbonyl (C=O) groups is 1. The van der Waals surface area contributed by atoms with E-state index < -0.39 is 0 Å². The fraction of sp³-hybridized carbons (Fsp3) is 0. The molecule has 0 atom stereocenters. The summed E-state index contributed by atoms with van der Waals surface area (Å²) in [6.45, 7) is 0. The summed E-state index contributed by atoms with van der Waals surface area (Å²) in [5.74, 6) is -0.0434. The number of para-hydroxylation sites is 1. The first-order valence-corrected chi connectivity index (χ1v) is 10.0. The zero-order valence-electron chi connectivity index (χ0n) is 15.3. The summed E-state index contributed by atoms with van der Waals surface area (Å²) in [4.78, 5) is 18.5. The average molecular weight is 396 g/mol. The number of fused-ring (bicyclic) bond motifs is 1. The molecule has 0 fully saturated rings. The number of anilines is 1. The van der Waals surface area contributed by atoms with Crippen molar-refractivity contribution in [2.24, 2.45) is 0 Å². The van der Waals surface area contributed by atoms with Crippen LogP contribution >= 0.6 is 11.3 Å². The van der Waals surface area contributed by atoms with Crippen molar-refractivity contribution in [2.75, 3.05) is 5.32 Å². The van der Waals surface area contributed by atoms with E-state index in [0.29, 0.717) is 10.7 Å². The number of nitrogens with zero attached hydrogens (tertiary/aromatic N) is 1. The van der Waals surface area contributed by atoms with Crippen molar-refractivity contribution in [1.82, 2.24) is 4.98 Å². The second kappa shape index (κ2) is 7.37. The van der Waals surface area contributed by atoms with E-state index in [4.69, 9.17) is 9.40 Å². The molecule has 0 aliphatic rings. The van der Waals surface area contributed by atoms with Gasteiger partial charge in [-0.15, -0.1) is 0 Å². The molecular formula is C24H16N2O2S. The Balaban J connectivity index is 1.52. The summed E-state index contributed by atoms with van der Waals surface area (Å²) in [5.41, 5.74) is 3.60. The van der Waals surface area contributed by atoms with Crippen LogP contribution in [-0.4, -0.2) is 10.9 Å². The molecule has 0 aliphatic heterocycles. The topological polar surface area (TPSA) is 55.1 Å². The second-order valence-electron chi connectivity index (χ2n) is 6.53. The molecular weight excluding hydrogens is 380 g/mol. The lowest BCUT2D eigenvalue weighted by molar-refractivity contribution is 0.0998. The van der Waals surface area contributed by atoms with Crippen LogP contribution in [0.5, 0.6) is 0 Å². The summed E-state index contributed by atoms with van der Waals surface area (Å²) in [6, 6.07) is 29.4. The Hall–Kier alpha value is -3.70. The molecule has 5 heteroatoms. The lowest BCUT2D eigenvalue weighted by atomic mass is 10.1. The minimum atomic E-state index is -0.311. The highest BCUT2D eigenvalue weighted by molar-refractivity contribution is 7.19. The quantitative estimate of drug-likeness (QED) is 0.378. The van der Waals surface area contributed by atoms with Crippen molar-refractivity contribution >= 4 is 33.3 Å². The summed E-state index contributed by atoms with van der Waals surface area (Å²) in [7, 11) is 0. The number of hydrogen-bond acceptors (Lipinski definition) is 4. The lowest BCUT2D eigenvalue weighted by Gasteiger charge is -2.02. The molecule has 0 radical (unpaired) electrons. The first kappa shape index (κ1) is 17.4. The Morgan fingerprint density at radius 2 is 1.48 bits per heavy atom. The van der Waals surface area contributed by atoms with Gasteiger partial charge in [-0.05, 0) is 17.7 Å². The first-order valence-electron chi connectivity index (χ1n) is 9.19. The SMILES string of the molecule is O=C(Nc1nc(-c2ccccc2)c(-c2ccccc2)s1)c1cc2ccccc2o1. The molecule has 0 saturated carbocycles. The third kappa shape index (κ3) is 3.44. The van der Waals surface area contributed by atoms with Gasteiger partial charge in [0.2, 0.25) is 0 Å². The Bertz CT molecular complexity index is 1200. The molecule has 4 nitrogen and oxygen atoms in total. The number of furan rings is 1. The van der Waals surface area contributed by atoms with E-state index in [1.807, 2.05) is 84.9 Å². The van der Waals surface area contributed by atoms with Crippen molar-refractivity contribution in [1.29, 1.82) is 0 Å². The summed E-state index contributed by atoms with van der Waals surface area (Å²) in [5, 5.41) is 4.32. The number of hydrogen-bond donors (Lipinski definition) is 1. The third-order valence-electron chi connectivity index (χ3n) is 4.58. The van der Waals surface area contributed by atoms with Crippen LogP contribution in [0, 0.1) is 0 Å². The fourth-order valence-corrected chi connectivity index (χ4v) is 4.19. The van der Waals surface area contributed by atoms with Gasteiger partial charge < -0.3 is 4.42 Å². The van der Waals surface area contributed by atoms with Gasteiger partial charge in [0, 0.05) is 10.9 Å². The maximum atomic E-state index is 12.7. The molecule has 29 heavy (non-hydrogen) atoms. The molecule has 0 unspecified atom stereocenters. The Morgan fingerprint density at radius 1 is 0.828 bits per heavy atom. The Labute approximate surface area is 171 Å². The number of thiazole rings is 1. The monoisotopic (exact) mass is 396 g/mol. The smallest absolute Gasteiger partial charge is 0.293 e. The maximum Gasteiger partial charge on any atom is 0.293 e. The third-order valence-corrected chi connectivity index (χ3v) is 5.60. The van der Waals surface area contributed by atoms with Gasteiger partial charge in [-0.2, -0.15) is 0 Å². The lowest BCUT2D eigenvalue weighted by Crippen LogP contribution is -2.10. The molecule has 0 spiro atoms. The molecule has 1 amide bonds. The molecule has 140 valence electrons. The van der Waals surface area contributed by atoms with Crippen molar-refractivity contribution in [3.63, 3.8) is 0 Å². The minimum absolute atomic E-state index is 0.268. The number of aromatic nitrogens is 1. The number of amides is 1. The van der Waals surface area contributed by atoms with Gasteiger partial charge in [-0.3, -0.25) is 10.1 Å². The zero-order valence-corrected chi connectivity index (χ0v) is 16.1. The van der Waals surface area contributed by atoms with E-state index in [0.717, 1.165) is 27.1 Å². The molecule has 3 aromatic carbocycles. The maximum absolute atomic E-state index is 12.7. The highest BCUT2D eigenvalue weighted by Crippen LogP contribution is 2.39. The molecule has 5 aromatic rings. The van der Waals surface area contributed by atoms with Crippen molar-refractivity contribution in [3.8, 4) is 21.7 Å². The Morgan fingerprint density at radius 3 is 2.21 bits per heavy atom. The standard InChI is InChI=1S/C24H16N2O2S/c27-23(20-15-18-13-7-8-14-19(18)28-20)26-24-25-21(16-9-3-1-4-10-16)22(29-24)17-11-5-2-6-12-17/h1-15H,(H,25,26,27).